The van der Waals surface area contributed by atoms with Crippen LogP contribution in [0.3, 0.4) is 0 Å². The van der Waals surface area contributed by atoms with Crippen LogP contribution in [-0.4, -0.2) is 10.7 Å². The van der Waals surface area contributed by atoms with Gasteiger partial charge < -0.3 is 0 Å². The Labute approximate surface area is 128 Å². The molecule has 0 saturated heterocycles. The summed E-state index contributed by atoms with van der Waals surface area (Å²) in [7, 11) is 0. The zero-order valence-electron chi connectivity index (χ0n) is 10.9. The van der Waals surface area contributed by atoms with Crippen LogP contribution in [0, 0.1) is 6.92 Å². The van der Waals surface area contributed by atoms with E-state index in [1.165, 1.54) is 16.0 Å². The molecule has 2 rings (SSSR count). The number of hydrogen-bond acceptors (Lipinski definition) is 1. The lowest BCUT2D eigenvalue weighted by molar-refractivity contribution is 1.15. The third-order valence-corrected chi connectivity index (χ3v) is 3.54. The van der Waals surface area contributed by atoms with Gasteiger partial charge in [0.2, 0.25) is 0 Å². The number of benzene rings is 2. The van der Waals surface area contributed by atoms with Crippen molar-refractivity contribution >= 4 is 34.4 Å². The molecule has 0 aliphatic rings. The first-order valence-corrected chi connectivity index (χ1v) is 9.10. The summed E-state index contributed by atoms with van der Waals surface area (Å²) in [5, 5.41) is 0. The van der Waals surface area contributed by atoms with E-state index < -0.39 is 0 Å². The summed E-state index contributed by atoms with van der Waals surface area (Å²) in [6.45, 7) is 2.13. The molecule has 0 radical (unpaired) electrons. The van der Waals surface area contributed by atoms with Gasteiger partial charge in [-0.1, -0.05) is 70.6 Å². The van der Waals surface area contributed by atoms with Crippen molar-refractivity contribution in [2.75, 3.05) is 10.7 Å². The summed E-state index contributed by atoms with van der Waals surface area (Å²) in [6, 6.07) is 19.4. The highest BCUT2D eigenvalue weighted by Crippen LogP contribution is 2.18. The largest absolute Gasteiger partial charge is 0.126 e. The van der Waals surface area contributed by atoms with E-state index in [4.69, 9.17) is 0 Å². The molecule has 0 unspecified atom stereocenters. The van der Waals surface area contributed by atoms with E-state index in [9.17, 15) is 0 Å². The van der Waals surface area contributed by atoms with Crippen LogP contribution in [0.5, 0.6) is 0 Å². The van der Waals surface area contributed by atoms with Crippen molar-refractivity contribution < 1.29 is 0 Å². The van der Waals surface area contributed by atoms with Crippen LogP contribution in [0.1, 0.15) is 11.1 Å². The van der Waals surface area contributed by atoms with E-state index in [0.29, 0.717) is 0 Å². The average Bonchev–Trinajstić information content (AvgIpc) is 2.44. The monoisotopic (exact) mass is 370 g/mol. The molecule has 0 aliphatic carbocycles. The normalized spacial score (nSPS) is 9.50. The number of hydrogen-bond donors (Lipinski definition) is 0. The highest BCUT2D eigenvalue weighted by molar-refractivity contribution is 14.1. The van der Waals surface area contributed by atoms with Gasteiger partial charge in [0.25, 0.3) is 0 Å². The van der Waals surface area contributed by atoms with Crippen LogP contribution in [-0.2, 0) is 6.42 Å². The van der Waals surface area contributed by atoms with E-state index >= 15 is 0 Å². The maximum atomic E-state index is 2.22. The molecule has 2 aromatic rings. The fourth-order valence-electron chi connectivity index (χ4n) is 1.56. The highest BCUT2D eigenvalue weighted by Gasteiger charge is 1.95. The first kappa shape index (κ1) is 15.6. The molecule has 0 N–H and O–H groups in total. The zero-order chi connectivity index (χ0) is 13.2. The second kappa shape index (κ2) is 9.45. The third-order valence-electron chi connectivity index (χ3n) is 2.52. The average molecular weight is 370 g/mol. The van der Waals surface area contributed by atoms with E-state index in [0.717, 1.165) is 12.2 Å². The van der Waals surface area contributed by atoms with Gasteiger partial charge in [-0.05, 0) is 36.0 Å². The van der Waals surface area contributed by atoms with Crippen LogP contribution >= 0.6 is 34.4 Å². The fourth-order valence-corrected chi connectivity index (χ4v) is 2.48. The maximum absolute atomic E-state index is 2.22. The predicted molar refractivity (Wildman–Crippen MR) is 92.0 cm³/mol. The predicted octanol–water partition coefficient (Wildman–Crippen LogP) is 5.38. The number of aryl methyl sites for hydroxylation is 2. The van der Waals surface area contributed by atoms with E-state index in [1.54, 1.807) is 0 Å². The van der Waals surface area contributed by atoms with Crippen LogP contribution in [0.2, 0.25) is 0 Å². The van der Waals surface area contributed by atoms with Crippen molar-refractivity contribution in [2.45, 2.75) is 18.2 Å². The molecule has 0 nitrogen and oxygen atoms in total. The molecule has 0 aromatic heterocycles. The topological polar surface area (TPSA) is 0 Å². The van der Waals surface area contributed by atoms with E-state index in [1.807, 2.05) is 16.7 Å². The lowest BCUT2D eigenvalue weighted by Crippen LogP contribution is -1.88. The molecule has 0 bridgehead atoms. The Morgan fingerprint density at radius 2 is 1.50 bits per heavy atom. The van der Waals surface area contributed by atoms with E-state index in [2.05, 4.69) is 84.1 Å². The first-order chi connectivity index (χ1) is 8.84. The van der Waals surface area contributed by atoms with Crippen LogP contribution in [0.15, 0.2) is 59.5 Å². The molecule has 0 atom stereocenters. The summed E-state index contributed by atoms with van der Waals surface area (Å²) < 4.78 is 0. The Kier molecular flexibility index (Phi) is 8.18. The van der Waals surface area contributed by atoms with Crippen molar-refractivity contribution in [3.05, 3.63) is 65.7 Å². The summed E-state index contributed by atoms with van der Waals surface area (Å²) in [5.74, 6) is 1.15. The van der Waals surface area contributed by atoms with Gasteiger partial charge in [-0.15, -0.1) is 11.8 Å². The lowest BCUT2D eigenvalue weighted by Gasteiger charge is -2.02. The third kappa shape index (κ3) is 5.91. The van der Waals surface area contributed by atoms with Gasteiger partial charge >= 0.3 is 0 Å². The lowest BCUT2D eigenvalue weighted by atomic mass is 10.1. The molecule has 0 spiro atoms. The van der Waals surface area contributed by atoms with Gasteiger partial charge in [0.1, 0.15) is 0 Å². The highest BCUT2D eigenvalue weighted by atomic mass is 127. The van der Waals surface area contributed by atoms with Gasteiger partial charge in [0.05, 0.1) is 0 Å². The Balaban J connectivity index is 0.000000771. The fraction of sp³-hybridized carbons (Fsp3) is 0.250. The minimum atomic E-state index is 1.14. The van der Waals surface area contributed by atoms with Crippen molar-refractivity contribution in [3.63, 3.8) is 0 Å². The molecule has 2 heteroatoms. The van der Waals surface area contributed by atoms with Crippen molar-refractivity contribution in [1.82, 2.24) is 0 Å². The Morgan fingerprint density at radius 3 is 2.11 bits per heavy atom. The summed E-state index contributed by atoms with van der Waals surface area (Å²) in [6.07, 6.45) is 1.14. The van der Waals surface area contributed by atoms with Crippen molar-refractivity contribution in [3.8, 4) is 0 Å². The molecule has 0 saturated carbocycles. The molecule has 18 heavy (non-hydrogen) atoms. The molecule has 0 aliphatic heterocycles. The summed E-state index contributed by atoms with van der Waals surface area (Å²) in [4.78, 5) is 3.33. The molecular formula is C16H19IS. The second-order valence-electron chi connectivity index (χ2n) is 3.90. The standard InChI is InChI=1S/C15H16S.CH3I/c1-13-7-9-14(10-8-13)11-12-16-15-5-3-2-4-6-15;1-2/h2-10H,11-12H2,1H3;1H3. The van der Waals surface area contributed by atoms with Gasteiger partial charge in [0.15, 0.2) is 0 Å². The van der Waals surface area contributed by atoms with E-state index in [-0.39, 0.29) is 0 Å². The number of rotatable bonds is 4. The zero-order valence-corrected chi connectivity index (χ0v) is 13.9. The maximum Gasteiger partial charge on any atom is 0.00720 e. The molecular weight excluding hydrogens is 351 g/mol. The van der Waals surface area contributed by atoms with Gasteiger partial charge in [-0.3, -0.25) is 0 Å². The van der Waals surface area contributed by atoms with Crippen LogP contribution in [0.25, 0.3) is 0 Å². The van der Waals surface area contributed by atoms with Gasteiger partial charge in [-0.2, -0.15) is 0 Å². The van der Waals surface area contributed by atoms with Gasteiger partial charge in [0, 0.05) is 10.6 Å². The summed E-state index contributed by atoms with van der Waals surface area (Å²) in [5.41, 5.74) is 2.76. The van der Waals surface area contributed by atoms with Gasteiger partial charge in [-0.25, -0.2) is 0 Å². The smallest absolute Gasteiger partial charge is 0.00720 e. The Morgan fingerprint density at radius 1 is 0.889 bits per heavy atom. The molecule has 0 fully saturated rings. The van der Waals surface area contributed by atoms with Crippen LogP contribution in [0.4, 0.5) is 0 Å². The molecule has 96 valence electrons. The summed E-state index contributed by atoms with van der Waals surface area (Å²) >= 11 is 4.07. The first-order valence-electron chi connectivity index (χ1n) is 5.96. The number of alkyl halides is 1. The Bertz CT molecular complexity index is 423. The Hall–Kier alpha value is -0.480. The number of halogens is 1. The second-order valence-corrected chi connectivity index (χ2v) is 5.07. The SMILES string of the molecule is CI.Cc1ccc(CCSc2ccccc2)cc1. The minimum Gasteiger partial charge on any atom is -0.126 e. The number of thioether (sulfide) groups is 1. The quantitative estimate of drug-likeness (QED) is 0.396. The van der Waals surface area contributed by atoms with Crippen molar-refractivity contribution in [2.24, 2.45) is 0 Å². The molecule has 0 heterocycles. The molecule has 0 amide bonds. The minimum absolute atomic E-state index is 1.14. The van der Waals surface area contributed by atoms with Crippen LogP contribution < -0.4 is 0 Å². The molecule has 2 aromatic carbocycles. The van der Waals surface area contributed by atoms with Crippen molar-refractivity contribution in [1.29, 1.82) is 0 Å².